The molecule has 2 aromatic rings. The van der Waals surface area contributed by atoms with Crippen molar-refractivity contribution in [2.24, 2.45) is 0 Å². The molecule has 0 amide bonds. The molecule has 1 aliphatic rings. The maximum Gasteiger partial charge on any atom is 0.229 e. The molecule has 1 aromatic heterocycles. The Morgan fingerprint density at radius 3 is 2.71 bits per heavy atom. The monoisotopic (exact) mass is 248 g/mol. The molecule has 1 fully saturated rings. The van der Waals surface area contributed by atoms with Crippen molar-refractivity contribution in [1.29, 1.82) is 0 Å². The van der Waals surface area contributed by atoms with Gasteiger partial charge in [0, 0.05) is 10.6 Å². The van der Waals surface area contributed by atoms with Crippen molar-refractivity contribution in [1.82, 2.24) is 0 Å². The molecule has 3 rings (SSSR count). The van der Waals surface area contributed by atoms with Crippen molar-refractivity contribution in [3.8, 4) is 0 Å². The molecule has 1 aliphatic heterocycles. The molecule has 0 aliphatic carbocycles. The van der Waals surface area contributed by atoms with Gasteiger partial charge in [-0.15, -0.1) is 0 Å². The molecule has 0 N–H and O–H groups in total. The molecule has 1 aromatic carbocycles. The third-order valence-corrected chi connectivity index (χ3v) is 3.07. The number of rotatable bonds is 3. The minimum Gasteiger partial charge on any atom is -0.461 e. The minimum absolute atomic E-state index is 0.139. The molecule has 0 spiro atoms. The Morgan fingerprint density at radius 1 is 1.18 bits per heavy atom. The van der Waals surface area contributed by atoms with Crippen LogP contribution in [0.2, 0.25) is 5.02 Å². The van der Waals surface area contributed by atoms with Crippen LogP contribution in [-0.4, -0.2) is 11.9 Å². The lowest BCUT2D eigenvalue weighted by atomic mass is 10.1. The fraction of sp³-hybridized carbons (Fsp3) is 0.154. The van der Waals surface area contributed by atoms with Crippen LogP contribution < -0.4 is 0 Å². The van der Waals surface area contributed by atoms with Crippen LogP contribution in [0.1, 0.15) is 22.2 Å². The van der Waals surface area contributed by atoms with E-state index in [9.17, 15) is 4.79 Å². The standard InChI is InChI=1S/C13H9ClO3/c14-9-5-2-1-4-8(9)12-13(17-12)11(15)10-6-3-7-16-10/h1-7,12-13H/t12-,13-/m1/s1. The molecule has 3 nitrogen and oxygen atoms in total. The first-order chi connectivity index (χ1) is 8.27. The number of epoxide rings is 1. The van der Waals surface area contributed by atoms with Crippen LogP contribution in [0.5, 0.6) is 0 Å². The third kappa shape index (κ3) is 1.88. The van der Waals surface area contributed by atoms with Crippen molar-refractivity contribution >= 4 is 17.4 Å². The number of carbonyl (C=O) groups is 1. The molecule has 0 saturated carbocycles. The third-order valence-electron chi connectivity index (χ3n) is 2.73. The van der Waals surface area contributed by atoms with Gasteiger partial charge in [0.05, 0.1) is 6.26 Å². The highest BCUT2D eigenvalue weighted by molar-refractivity contribution is 6.31. The summed E-state index contributed by atoms with van der Waals surface area (Å²) in [4.78, 5) is 11.9. The lowest BCUT2D eigenvalue weighted by Crippen LogP contribution is -2.06. The molecule has 0 bridgehead atoms. The van der Waals surface area contributed by atoms with E-state index in [1.165, 1.54) is 6.26 Å². The van der Waals surface area contributed by atoms with Crippen LogP contribution in [0.25, 0.3) is 0 Å². The first-order valence-corrected chi connectivity index (χ1v) is 5.63. The Morgan fingerprint density at radius 2 is 2.00 bits per heavy atom. The zero-order valence-corrected chi connectivity index (χ0v) is 9.55. The van der Waals surface area contributed by atoms with Crippen LogP contribution >= 0.6 is 11.6 Å². The van der Waals surface area contributed by atoms with Gasteiger partial charge in [0.15, 0.2) is 11.9 Å². The number of furan rings is 1. The second kappa shape index (κ2) is 4.02. The molecule has 86 valence electrons. The van der Waals surface area contributed by atoms with Crippen LogP contribution in [0, 0.1) is 0 Å². The Balaban J connectivity index is 1.79. The number of benzene rings is 1. The fourth-order valence-electron chi connectivity index (χ4n) is 1.81. The van der Waals surface area contributed by atoms with Gasteiger partial charge in [-0.05, 0) is 18.2 Å². The summed E-state index contributed by atoms with van der Waals surface area (Å²) < 4.78 is 10.4. The number of hydrogen-bond acceptors (Lipinski definition) is 3. The number of hydrogen-bond donors (Lipinski definition) is 0. The van der Waals surface area contributed by atoms with Gasteiger partial charge >= 0.3 is 0 Å². The molecule has 17 heavy (non-hydrogen) atoms. The van der Waals surface area contributed by atoms with Crippen molar-refractivity contribution < 1.29 is 13.9 Å². The fourth-order valence-corrected chi connectivity index (χ4v) is 2.06. The molecular formula is C13H9ClO3. The summed E-state index contributed by atoms with van der Waals surface area (Å²) in [6.45, 7) is 0. The number of ether oxygens (including phenoxy) is 1. The van der Waals surface area contributed by atoms with Crippen molar-refractivity contribution in [2.45, 2.75) is 12.2 Å². The molecule has 0 unspecified atom stereocenters. The smallest absolute Gasteiger partial charge is 0.229 e. The first-order valence-electron chi connectivity index (χ1n) is 5.25. The molecule has 2 heterocycles. The Bertz CT molecular complexity index is 548. The summed E-state index contributed by atoms with van der Waals surface area (Å²) in [5.74, 6) is 0.185. The Kier molecular flexibility index (Phi) is 2.50. The average molecular weight is 249 g/mol. The maximum atomic E-state index is 11.9. The summed E-state index contributed by atoms with van der Waals surface area (Å²) in [6, 6.07) is 10.7. The van der Waals surface area contributed by atoms with E-state index in [1.54, 1.807) is 18.2 Å². The molecule has 0 radical (unpaired) electrons. The van der Waals surface area contributed by atoms with E-state index in [1.807, 2.05) is 18.2 Å². The Hall–Kier alpha value is -1.58. The summed E-state index contributed by atoms with van der Waals surface area (Å²) in [7, 11) is 0. The van der Waals surface area contributed by atoms with Crippen LogP contribution in [-0.2, 0) is 4.74 Å². The summed E-state index contributed by atoms with van der Waals surface area (Å²) in [5.41, 5.74) is 0.846. The molecule has 4 heteroatoms. The van der Waals surface area contributed by atoms with Gasteiger partial charge in [0.25, 0.3) is 0 Å². The summed E-state index contributed by atoms with van der Waals surface area (Å²) in [5, 5.41) is 0.618. The van der Waals surface area contributed by atoms with E-state index in [0.717, 1.165) is 5.56 Å². The second-order valence-corrected chi connectivity index (χ2v) is 4.25. The zero-order valence-electron chi connectivity index (χ0n) is 8.80. The zero-order chi connectivity index (χ0) is 11.8. The van der Waals surface area contributed by atoms with Gasteiger partial charge < -0.3 is 9.15 Å². The topological polar surface area (TPSA) is 42.7 Å². The molecule has 1 saturated heterocycles. The quantitative estimate of drug-likeness (QED) is 0.619. The number of Topliss-reactive ketones (excluding diaryl/α,β-unsaturated/α-hetero) is 1. The van der Waals surface area contributed by atoms with E-state index >= 15 is 0 Å². The van der Waals surface area contributed by atoms with E-state index in [0.29, 0.717) is 10.8 Å². The van der Waals surface area contributed by atoms with Crippen molar-refractivity contribution in [2.75, 3.05) is 0 Å². The highest BCUT2D eigenvalue weighted by atomic mass is 35.5. The highest BCUT2D eigenvalue weighted by Gasteiger charge is 2.47. The van der Waals surface area contributed by atoms with Crippen LogP contribution in [0.4, 0.5) is 0 Å². The van der Waals surface area contributed by atoms with Gasteiger partial charge in [-0.25, -0.2) is 0 Å². The lowest BCUT2D eigenvalue weighted by molar-refractivity contribution is 0.0926. The normalized spacial score (nSPS) is 22.4. The largest absolute Gasteiger partial charge is 0.461 e. The van der Waals surface area contributed by atoms with E-state index in [2.05, 4.69) is 0 Å². The van der Waals surface area contributed by atoms with E-state index in [-0.39, 0.29) is 11.9 Å². The predicted octanol–water partition coefficient (Wildman–Crippen LogP) is 3.26. The summed E-state index contributed by atoms with van der Waals surface area (Å²) in [6.07, 6.45) is 0.752. The van der Waals surface area contributed by atoms with Crippen molar-refractivity contribution in [3.63, 3.8) is 0 Å². The number of halogens is 1. The van der Waals surface area contributed by atoms with Gasteiger partial charge in [0.1, 0.15) is 6.10 Å². The maximum absolute atomic E-state index is 11.9. The average Bonchev–Trinajstić information content (AvgIpc) is 2.93. The van der Waals surface area contributed by atoms with E-state index < -0.39 is 6.10 Å². The van der Waals surface area contributed by atoms with E-state index in [4.69, 9.17) is 20.8 Å². The summed E-state index contributed by atoms with van der Waals surface area (Å²) >= 11 is 6.04. The predicted molar refractivity (Wildman–Crippen MR) is 62.1 cm³/mol. The lowest BCUT2D eigenvalue weighted by Gasteiger charge is -1.98. The Labute approximate surface area is 103 Å². The molecular weight excluding hydrogens is 240 g/mol. The van der Waals surface area contributed by atoms with Crippen molar-refractivity contribution in [3.05, 3.63) is 59.0 Å². The van der Waals surface area contributed by atoms with Gasteiger partial charge in [0.2, 0.25) is 5.78 Å². The van der Waals surface area contributed by atoms with Gasteiger partial charge in [-0.1, -0.05) is 29.8 Å². The number of carbonyl (C=O) groups excluding carboxylic acids is 1. The second-order valence-electron chi connectivity index (χ2n) is 3.84. The number of ketones is 1. The van der Waals surface area contributed by atoms with Gasteiger partial charge in [-0.2, -0.15) is 0 Å². The minimum atomic E-state index is -0.471. The SMILES string of the molecule is O=C(c1ccco1)[C@H]1O[C@@H]1c1ccccc1Cl. The molecule has 2 atom stereocenters. The van der Waals surface area contributed by atoms with Crippen LogP contribution in [0.3, 0.4) is 0 Å². The highest BCUT2D eigenvalue weighted by Crippen LogP contribution is 2.43. The van der Waals surface area contributed by atoms with Crippen LogP contribution in [0.15, 0.2) is 47.1 Å². The van der Waals surface area contributed by atoms with Gasteiger partial charge in [-0.3, -0.25) is 4.79 Å². The first kappa shape index (κ1) is 10.6.